The molecule has 1 unspecified atom stereocenters. The molecule has 0 N–H and O–H groups in total. The molecular weight excluding hydrogens is 369 g/mol. The molecule has 8 heteroatoms. The fraction of sp³-hybridized carbons (Fsp3) is 0.650. The molecule has 2 aromatic heterocycles. The monoisotopic (exact) mass is 394 g/mol. The van der Waals surface area contributed by atoms with Crippen molar-refractivity contribution in [2.45, 2.75) is 63.5 Å². The Morgan fingerprint density at radius 1 is 1.11 bits per heavy atom. The Morgan fingerprint density at radius 2 is 1.82 bits per heavy atom. The van der Waals surface area contributed by atoms with Crippen LogP contribution < -0.4 is 0 Å². The lowest BCUT2D eigenvalue weighted by molar-refractivity contribution is -0.182. The predicted octanol–water partition coefficient (Wildman–Crippen LogP) is 4.21. The van der Waals surface area contributed by atoms with E-state index in [4.69, 9.17) is 5.10 Å². The lowest BCUT2D eigenvalue weighted by Gasteiger charge is -2.29. The molecule has 3 heterocycles. The number of hydrogen-bond donors (Lipinski definition) is 0. The van der Waals surface area contributed by atoms with Crippen LogP contribution in [0.15, 0.2) is 12.1 Å². The first-order valence-corrected chi connectivity index (χ1v) is 9.93. The van der Waals surface area contributed by atoms with Gasteiger partial charge in [-0.25, -0.2) is 9.50 Å². The number of hydrogen-bond acceptors (Lipinski definition) is 3. The lowest BCUT2D eigenvalue weighted by Crippen LogP contribution is -2.37. The van der Waals surface area contributed by atoms with Crippen molar-refractivity contribution in [1.82, 2.24) is 19.5 Å². The normalized spacial score (nSPS) is 26.8. The summed E-state index contributed by atoms with van der Waals surface area (Å²) < 4.78 is 40.6. The molecule has 2 aromatic rings. The molecule has 1 saturated heterocycles. The third kappa shape index (κ3) is 3.49. The number of carbonyl (C=O) groups is 1. The molecule has 28 heavy (non-hydrogen) atoms. The van der Waals surface area contributed by atoms with Crippen LogP contribution in [0.3, 0.4) is 0 Å². The van der Waals surface area contributed by atoms with Crippen LogP contribution in [0, 0.1) is 12.8 Å². The Labute approximate surface area is 161 Å². The summed E-state index contributed by atoms with van der Waals surface area (Å²) in [6.07, 6.45) is -1.15. The molecule has 2 fully saturated rings. The molecule has 1 amide bonds. The summed E-state index contributed by atoms with van der Waals surface area (Å²) in [4.78, 5) is 19.0. The number of likely N-dealkylation sites (tertiary alicyclic amines) is 1. The highest BCUT2D eigenvalue weighted by Gasteiger charge is 2.42. The van der Waals surface area contributed by atoms with E-state index in [9.17, 15) is 18.0 Å². The molecule has 0 radical (unpaired) electrons. The number of nitrogens with zero attached hydrogens (tertiary/aromatic N) is 4. The van der Waals surface area contributed by atoms with Crippen molar-refractivity contribution < 1.29 is 18.0 Å². The van der Waals surface area contributed by atoms with E-state index in [2.05, 4.69) is 4.98 Å². The number of likely N-dealkylation sites (N-methyl/N-ethyl adjacent to an activating group) is 1. The van der Waals surface area contributed by atoms with E-state index >= 15 is 0 Å². The highest BCUT2D eigenvalue weighted by atomic mass is 19.4. The largest absolute Gasteiger partial charge is 0.391 e. The highest BCUT2D eigenvalue weighted by Crippen LogP contribution is 2.42. The van der Waals surface area contributed by atoms with E-state index in [1.807, 2.05) is 26.1 Å². The van der Waals surface area contributed by atoms with Gasteiger partial charge in [0.2, 0.25) is 5.91 Å². The maximum absolute atomic E-state index is 12.9. The van der Waals surface area contributed by atoms with Gasteiger partial charge in [0.25, 0.3) is 0 Å². The van der Waals surface area contributed by atoms with Crippen LogP contribution >= 0.6 is 0 Å². The Kier molecular flexibility index (Phi) is 4.83. The van der Waals surface area contributed by atoms with Crippen LogP contribution in [0.5, 0.6) is 0 Å². The first kappa shape index (κ1) is 19.2. The second kappa shape index (κ2) is 7.04. The number of rotatable bonds is 2. The zero-order valence-electron chi connectivity index (χ0n) is 16.2. The average Bonchev–Trinajstić information content (AvgIpc) is 3.07. The Hall–Kier alpha value is -2.12. The van der Waals surface area contributed by atoms with Gasteiger partial charge in [0.15, 0.2) is 5.65 Å². The van der Waals surface area contributed by atoms with E-state index in [-0.39, 0.29) is 30.6 Å². The zero-order valence-corrected chi connectivity index (χ0v) is 16.2. The van der Waals surface area contributed by atoms with Gasteiger partial charge in [-0.2, -0.15) is 18.3 Å². The van der Waals surface area contributed by atoms with E-state index in [1.54, 1.807) is 9.42 Å². The van der Waals surface area contributed by atoms with Crippen molar-refractivity contribution in [3.63, 3.8) is 0 Å². The Balaban J connectivity index is 1.64. The minimum absolute atomic E-state index is 0.0122. The quantitative estimate of drug-likeness (QED) is 0.767. The van der Waals surface area contributed by atoms with Gasteiger partial charge in [-0.15, -0.1) is 0 Å². The lowest BCUT2D eigenvalue weighted by atomic mass is 9.80. The molecule has 1 aliphatic carbocycles. The van der Waals surface area contributed by atoms with Gasteiger partial charge in [0.05, 0.1) is 23.2 Å². The molecule has 0 aromatic carbocycles. The van der Waals surface area contributed by atoms with Crippen molar-refractivity contribution in [2.75, 3.05) is 13.6 Å². The summed E-state index contributed by atoms with van der Waals surface area (Å²) in [6, 6.07) is 3.79. The molecule has 1 aliphatic heterocycles. The highest BCUT2D eigenvalue weighted by molar-refractivity contribution is 5.84. The third-order valence-electron chi connectivity index (χ3n) is 6.23. The first-order chi connectivity index (χ1) is 13.2. The van der Waals surface area contributed by atoms with Crippen molar-refractivity contribution in [2.24, 2.45) is 5.92 Å². The molecule has 0 spiro atoms. The summed E-state index contributed by atoms with van der Waals surface area (Å²) in [7, 11) is 1.81. The maximum atomic E-state index is 12.9. The minimum Gasteiger partial charge on any atom is -0.345 e. The summed E-state index contributed by atoms with van der Waals surface area (Å²) in [5.41, 5.74) is 3.10. The number of fused-ring (bicyclic) bond motifs is 1. The second-order valence-electron chi connectivity index (χ2n) is 8.21. The summed E-state index contributed by atoms with van der Waals surface area (Å²) in [6.45, 7) is 2.65. The summed E-state index contributed by atoms with van der Waals surface area (Å²) >= 11 is 0. The second-order valence-corrected chi connectivity index (χ2v) is 8.21. The smallest absolute Gasteiger partial charge is 0.345 e. The average molecular weight is 394 g/mol. The Bertz CT molecular complexity index is 883. The van der Waals surface area contributed by atoms with Crippen LogP contribution in [0.4, 0.5) is 13.2 Å². The summed E-state index contributed by atoms with van der Waals surface area (Å²) in [5.74, 6) is -1.36. The summed E-state index contributed by atoms with van der Waals surface area (Å²) in [5, 5.41) is 4.70. The number of piperidine rings is 1. The van der Waals surface area contributed by atoms with Crippen molar-refractivity contribution in [1.29, 1.82) is 0 Å². The van der Waals surface area contributed by atoms with Gasteiger partial charge in [-0.3, -0.25) is 4.79 Å². The number of aromatic nitrogens is 3. The van der Waals surface area contributed by atoms with E-state index < -0.39 is 12.1 Å². The molecule has 5 nitrogen and oxygen atoms in total. The van der Waals surface area contributed by atoms with Crippen LogP contribution in [0.1, 0.15) is 67.4 Å². The van der Waals surface area contributed by atoms with Crippen molar-refractivity contribution >= 4 is 11.6 Å². The number of aryl methyl sites for hydroxylation is 1. The van der Waals surface area contributed by atoms with Crippen LogP contribution in [0.25, 0.3) is 5.65 Å². The molecule has 1 saturated carbocycles. The third-order valence-corrected chi connectivity index (χ3v) is 6.23. The van der Waals surface area contributed by atoms with Gasteiger partial charge in [-0.05, 0) is 51.5 Å². The van der Waals surface area contributed by atoms with Gasteiger partial charge in [0.1, 0.15) is 0 Å². The van der Waals surface area contributed by atoms with E-state index in [1.165, 1.54) is 0 Å². The standard InChI is InChI=1S/C20H25F3N4O/c1-12-10-17(15-4-3-9-26(2)19(15)28)27-18(24-12)11-16(25-27)13-5-7-14(8-6-13)20(21,22)23/h10-11,13-15H,3-9H2,1-2H3/t13-,14-,15?. The van der Waals surface area contributed by atoms with Gasteiger partial charge in [-0.1, -0.05) is 0 Å². The van der Waals surface area contributed by atoms with Crippen LogP contribution in [0.2, 0.25) is 0 Å². The predicted molar refractivity (Wildman–Crippen MR) is 98.1 cm³/mol. The Morgan fingerprint density at radius 3 is 2.50 bits per heavy atom. The molecular formula is C20H25F3N4O. The number of amides is 1. The SMILES string of the molecule is Cc1cc(C2CCCN(C)C2=O)n2nc([C@H]3CC[C@H](C(F)(F)F)CC3)cc2n1. The van der Waals surface area contributed by atoms with Crippen molar-refractivity contribution in [3.05, 3.63) is 29.2 Å². The molecule has 152 valence electrons. The molecule has 0 bridgehead atoms. The van der Waals surface area contributed by atoms with E-state index in [0.717, 1.165) is 36.5 Å². The molecule has 1 atom stereocenters. The fourth-order valence-electron chi connectivity index (χ4n) is 4.62. The zero-order chi connectivity index (χ0) is 20.1. The minimum atomic E-state index is -4.11. The number of carbonyl (C=O) groups excluding carboxylic acids is 1. The van der Waals surface area contributed by atoms with Crippen LogP contribution in [-0.2, 0) is 4.79 Å². The maximum Gasteiger partial charge on any atom is 0.391 e. The fourth-order valence-corrected chi connectivity index (χ4v) is 4.62. The van der Waals surface area contributed by atoms with Crippen LogP contribution in [-0.4, -0.2) is 45.2 Å². The first-order valence-electron chi connectivity index (χ1n) is 9.93. The van der Waals surface area contributed by atoms with E-state index in [0.29, 0.717) is 18.5 Å². The number of alkyl halides is 3. The molecule has 2 aliphatic rings. The number of halogens is 3. The van der Waals surface area contributed by atoms with Gasteiger partial charge < -0.3 is 4.90 Å². The van der Waals surface area contributed by atoms with Gasteiger partial charge in [0, 0.05) is 31.3 Å². The molecule has 4 rings (SSSR count). The van der Waals surface area contributed by atoms with Gasteiger partial charge >= 0.3 is 6.18 Å². The topological polar surface area (TPSA) is 50.5 Å². The van der Waals surface area contributed by atoms with Crippen molar-refractivity contribution in [3.8, 4) is 0 Å².